The van der Waals surface area contributed by atoms with E-state index >= 15 is 0 Å². The number of hydrogen-bond donors (Lipinski definition) is 1. The summed E-state index contributed by atoms with van der Waals surface area (Å²) in [4.78, 5) is 21.2. The van der Waals surface area contributed by atoms with Crippen LogP contribution in [0.4, 0.5) is 0 Å². The number of carbonyl (C=O) groups excluding carboxylic acids is 1. The van der Waals surface area contributed by atoms with Gasteiger partial charge in [-0.3, -0.25) is 19.8 Å². The predicted molar refractivity (Wildman–Crippen MR) is 92.4 cm³/mol. The lowest BCUT2D eigenvalue weighted by Gasteiger charge is -2.34. The van der Waals surface area contributed by atoms with Gasteiger partial charge < -0.3 is 4.90 Å². The molecule has 1 aliphatic rings. The largest absolute Gasteiger partial charge is 0.340 e. The van der Waals surface area contributed by atoms with Gasteiger partial charge >= 0.3 is 0 Å². The van der Waals surface area contributed by atoms with Crippen LogP contribution in [0.25, 0.3) is 0 Å². The number of rotatable bonds is 6. The molecule has 6 nitrogen and oxygen atoms in total. The first-order valence-corrected chi connectivity index (χ1v) is 8.60. The molecular weight excluding hydrogens is 302 g/mol. The molecule has 3 rings (SSSR count). The molecule has 2 aromatic heterocycles. The molecule has 3 heterocycles. The number of amides is 1. The summed E-state index contributed by atoms with van der Waals surface area (Å²) in [5, 5.41) is 6.73. The Balaban J connectivity index is 1.39. The number of nitrogens with zero attached hydrogens (tertiary/aromatic N) is 4. The molecule has 128 valence electrons. The van der Waals surface area contributed by atoms with E-state index in [0.717, 1.165) is 51.3 Å². The van der Waals surface area contributed by atoms with Crippen molar-refractivity contribution < 1.29 is 4.79 Å². The Morgan fingerprint density at radius 2 is 2.12 bits per heavy atom. The monoisotopic (exact) mass is 327 g/mol. The molecule has 24 heavy (non-hydrogen) atoms. The second kappa shape index (κ2) is 8.06. The maximum Gasteiger partial charge on any atom is 0.222 e. The number of carbonyl (C=O) groups is 1. The van der Waals surface area contributed by atoms with Gasteiger partial charge in [-0.25, -0.2) is 0 Å². The molecule has 1 N–H and O–H groups in total. The zero-order valence-electron chi connectivity index (χ0n) is 14.2. The summed E-state index contributed by atoms with van der Waals surface area (Å²) in [5.41, 5.74) is 3.53. The number of hydrogen-bond acceptors (Lipinski definition) is 4. The SMILES string of the molecule is Cc1cccnc1CN1CCN(C(=O)CCCc2cn[nH]c2)CC1. The smallest absolute Gasteiger partial charge is 0.222 e. The zero-order chi connectivity index (χ0) is 16.8. The highest BCUT2D eigenvalue weighted by Crippen LogP contribution is 2.12. The standard InChI is InChI=1S/C18H25N5O/c1-15-4-3-7-19-17(15)14-22-8-10-23(11-9-22)18(24)6-2-5-16-12-20-21-13-16/h3-4,7,12-13H,2,5-6,8-11,14H2,1H3,(H,20,21). The van der Waals surface area contributed by atoms with Crippen LogP contribution in [0.1, 0.15) is 29.7 Å². The third-order valence-electron chi connectivity index (χ3n) is 4.63. The van der Waals surface area contributed by atoms with Crippen LogP contribution in [0, 0.1) is 6.92 Å². The Hall–Kier alpha value is -2.21. The van der Waals surface area contributed by atoms with Gasteiger partial charge in [-0.2, -0.15) is 5.10 Å². The van der Waals surface area contributed by atoms with Crippen molar-refractivity contribution in [2.75, 3.05) is 26.2 Å². The summed E-state index contributed by atoms with van der Waals surface area (Å²) in [7, 11) is 0. The third-order valence-corrected chi connectivity index (χ3v) is 4.63. The fourth-order valence-corrected chi connectivity index (χ4v) is 3.07. The van der Waals surface area contributed by atoms with Crippen LogP contribution >= 0.6 is 0 Å². The van der Waals surface area contributed by atoms with E-state index in [1.54, 1.807) is 0 Å². The molecule has 0 aliphatic carbocycles. The number of pyridine rings is 1. The number of aromatic nitrogens is 3. The molecule has 0 bridgehead atoms. The van der Waals surface area contributed by atoms with Crippen LogP contribution in [-0.4, -0.2) is 57.1 Å². The molecule has 0 atom stereocenters. The molecule has 6 heteroatoms. The van der Waals surface area contributed by atoms with Gasteiger partial charge in [-0.15, -0.1) is 0 Å². The average Bonchev–Trinajstić information content (AvgIpc) is 3.11. The molecular formula is C18H25N5O. The van der Waals surface area contributed by atoms with Gasteiger partial charge in [-0.1, -0.05) is 6.07 Å². The lowest BCUT2D eigenvalue weighted by atomic mass is 10.1. The lowest BCUT2D eigenvalue weighted by molar-refractivity contribution is -0.133. The first-order valence-electron chi connectivity index (χ1n) is 8.60. The minimum Gasteiger partial charge on any atom is -0.340 e. The Morgan fingerprint density at radius 3 is 2.83 bits per heavy atom. The molecule has 0 radical (unpaired) electrons. The summed E-state index contributed by atoms with van der Waals surface area (Å²) >= 11 is 0. The quantitative estimate of drug-likeness (QED) is 0.878. The molecule has 0 spiro atoms. The van der Waals surface area contributed by atoms with Crippen molar-refractivity contribution >= 4 is 5.91 Å². The molecule has 1 fully saturated rings. The zero-order valence-corrected chi connectivity index (χ0v) is 14.2. The van der Waals surface area contributed by atoms with Crippen molar-refractivity contribution in [2.24, 2.45) is 0 Å². The van der Waals surface area contributed by atoms with E-state index in [4.69, 9.17) is 0 Å². The summed E-state index contributed by atoms with van der Waals surface area (Å²) in [6, 6.07) is 4.07. The van der Waals surface area contributed by atoms with E-state index in [2.05, 4.69) is 33.1 Å². The van der Waals surface area contributed by atoms with Crippen molar-refractivity contribution in [1.29, 1.82) is 0 Å². The van der Waals surface area contributed by atoms with E-state index < -0.39 is 0 Å². The molecule has 0 saturated carbocycles. The van der Waals surface area contributed by atoms with Gasteiger partial charge in [0, 0.05) is 51.5 Å². The Bertz CT molecular complexity index is 647. The van der Waals surface area contributed by atoms with Crippen molar-refractivity contribution in [3.8, 4) is 0 Å². The maximum absolute atomic E-state index is 12.3. The third kappa shape index (κ3) is 4.41. The summed E-state index contributed by atoms with van der Waals surface area (Å²) < 4.78 is 0. The number of aryl methyl sites for hydroxylation is 2. The first kappa shape index (κ1) is 16.6. The minimum atomic E-state index is 0.271. The van der Waals surface area contributed by atoms with Gasteiger partial charge in [0.25, 0.3) is 0 Å². The predicted octanol–water partition coefficient (Wildman–Crippen LogP) is 1.78. The molecule has 1 aliphatic heterocycles. The topological polar surface area (TPSA) is 65.1 Å². The van der Waals surface area contributed by atoms with Gasteiger partial charge in [0.2, 0.25) is 5.91 Å². The van der Waals surface area contributed by atoms with Gasteiger partial charge in [-0.05, 0) is 37.0 Å². The van der Waals surface area contributed by atoms with E-state index in [1.165, 1.54) is 11.1 Å². The second-order valence-corrected chi connectivity index (χ2v) is 6.38. The summed E-state index contributed by atoms with van der Waals surface area (Å²) in [6.07, 6.45) is 7.96. The van der Waals surface area contributed by atoms with E-state index in [9.17, 15) is 4.79 Å². The van der Waals surface area contributed by atoms with Gasteiger partial charge in [0.15, 0.2) is 0 Å². The summed E-state index contributed by atoms with van der Waals surface area (Å²) in [6.45, 7) is 6.44. The number of aromatic amines is 1. The highest BCUT2D eigenvalue weighted by molar-refractivity contribution is 5.76. The second-order valence-electron chi connectivity index (χ2n) is 6.38. The fraction of sp³-hybridized carbons (Fsp3) is 0.500. The fourth-order valence-electron chi connectivity index (χ4n) is 3.07. The van der Waals surface area contributed by atoms with Crippen LogP contribution < -0.4 is 0 Å². The highest BCUT2D eigenvalue weighted by atomic mass is 16.2. The van der Waals surface area contributed by atoms with Crippen molar-refractivity contribution in [3.63, 3.8) is 0 Å². The van der Waals surface area contributed by atoms with E-state index in [-0.39, 0.29) is 5.91 Å². The van der Waals surface area contributed by atoms with Crippen LogP contribution in [0.3, 0.4) is 0 Å². The minimum absolute atomic E-state index is 0.271. The van der Waals surface area contributed by atoms with Crippen LogP contribution in [0.2, 0.25) is 0 Å². The van der Waals surface area contributed by atoms with Crippen molar-refractivity contribution in [3.05, 3.63) is 47.5 Å². The van der Waals surface area contributed by atoms with Crippen LogP contribution in [-0.2, 0) is 17.8 Å². The molecule has 2 aromatic rings. The van der Waals surface area contributed by atoms with Crippen LogP contribution in [0.15, 0.2) is 30.7 Å². The van der Waals surface area contributed by atoms with E-state index in [0.29, 0.717) is 6.42 Å². The Labute approximate surface area is 142 Å². The van der Waals surface area contributed by atoms with Crippen LogP contribution in [0.5, 0.6) is 0 Å². The lowest BCUT2D eigenvalue weighted by Crippen LogP contribution is -2.48. The highest BCUT2D eigenvalue weighted by Gasteiger charge is 2.21. The number of H-pyrrole nitrogens is 1. The van der Waals surface area contributed by atoms with Crippen molar-refractivity contribution in [2.45, 2.75) is 32.7 Å². The van der Waals surface area contributed by atoms with Gasteiger partial charge in [0.05, 0.1) is 11.9 Å². The Kier molecular flexibility index (Phi) is 5.59. The van der Waals surface area contributed by atoms with Crippen molar-refractivity contribution in [1.82, 2.24) is 25.0 Å². The molecule has 0 unspecified atom stereocenters. The van der Waals surface area contributed by atoms with E-state index in [1.807, 2.05) is 29.6 Å². The van der Waals surface area contributed by atoms with Gasteiger partial charge in [0.1, 0.15) is 0 Å². The normalized spacial score (nSPS) is 15.6. The molecule has 0 aromatic carbocycles. The summed E-state index contributed by atoms with van der Waals surface area (Å²) in [5.74, 6) is 0.271. The molecule has 1 saturated heterocycles. The molecule has 1 amide bonds. The first-order chi connectivity index (χ1) is 11.7. The number of piperazine rings is 1. The maximum atomic E-state index is 12.3. The Morgan fingerprint density at radius 1 is 1.29 bits per heavy atom. The number of nitrogens with one attached hydrogen (secondary N) is 1. The average molecular weight is 327 g/mol.